The maximum absolute atomic E-state index is 11.8. The molecule has 0 spiro atoms. The van der Waals surface area contributed by atoms with Crippen molar-refractivity contribution < 1.29 is 4.79 Å². The maximum atomic E-state index is 11.8. The summed E-state index contributed by atoms with van der Waals surface area (Å²) in [6, 6.07) is 5.45. The van der Waals surface area contributed by atoms with Crippen LogP contribution in [-0.4, -0.2) is 27.9 Å². The average molecular weight is 274 g/mol. The highest BCUT2D eigenvalue weighted by Gasteiger charge is 2.18. The summed E-state index contributed by atoms with van der Waals surface area (Å²) >= 11 is 0. The molecule has 108 valence electrons. The van der Waals surface area contributed by atoms with Crippen molar-refractivity contribution in [1.29, 1.82) is 0 Å². The lowest BCUT2D eigenvalue weighted by atomic mass is 9.99. The van der Waals surface area contributed by atoms with Gasteiger partial charge in [0, 0.05) is 25.4 Å². The lowest BCUT2D eigenvalue weighted by Crippen LogP contribution is -2.45. The van der Waals surface area contributed by atoms with Crippen LogP contribution in [0.15, 0.2) is 30.6 Å². The normalized spacial score (nSPS) is 14.2. The smallest absolute Gasteiger partial charge is 0.237 e. The van der Waals surface area contributed by atoms with Gasteiger partial charge < -0.3 is 15.5 Å². The number of carbonyl (C=O) groups excluding carboxylic acids is 1. The number of pyridine rings is 1. The Labute approximate surface area is 119 Å². The van der Waals surface area contributed by atoms with Gasteiger partial charge in [-0.1, -0.05) is 26.3 Å². The van der Waals surface area contributed by atoms with E-state index in [0.717, 1.165) is 17.8 Å². The van der Waals surface area contributed by atoms with E-state index >= 15 is 0 Å². The van der Waals surface area contributed by atoms with E-state index in [9.17, 15) is 4.79 Å². The minimum atomic E-state index is -0.430. The second-order valence-electron chi connectivity index (χ2n) is 5.15. The molecule has 0 fully saturated rings. The molecule has 2 heterocycles. The summed E-state index contributed by atoms with van der Waals surface area (Å²) in [5, 5.41) is 2.88. The highest BCUT2D eigenvalue weighted by atomic mass is 16.2. The average Bonchev–Trinajstić information content (AvgIpc) is 2.88. The highest BCUT2D eigenvalue weighted by molar-refractivity contribution is 5.81. The van der Waals surface area contributed by atoms with Crippen molar-refractivity contribution >= 4 is 11.6 Å². The summed E-state index contributed by atoms with van der Waals surface area (Å²) in [6.07, 6.45) is 5.56. The van der Waals surface area contributed by atoms with Crippen molar-refractivity contribution in [3.63, 3.8) is 0 Å². The number of hydrogen-bond donors (Lipinski definition) is 2. The quantitative estimate of drug-likeness (QED) is 0.835. The van der Waals surface area contributed by atoms with E-state index in [4.69, 9.17) is 5.73 Å². The summed E-state index contributed by atoms with van der Waals surface area (Å²) in [4.78, 5) is 16.3. The SMILES string of the molecule is CCC(C)C(N)C(=O)NCCc1cn2ccccc2n1. The number of amides is 1. The van der Waals surface area contributed by atoms with Gasteiger partial charge in [-0.2, -0.15) is 0 Å². The van der Waals surface area contributed by atoms with E-state index < -0.39 is 6.04 Å². The molecule has 0 aliphatic carbocycles. The third-order valence-corrected chi connectivity index (χ3v) is 3.65. The van der Waals surface area contributed by atoms with E-state index in [-0.39, 0.29) is 11.8 Å². The standard InChI is InChI=1S/C15H22N4O/c1-3-11(2)14(16)15(20)17-8-7-12-10-19-9-5-4-6-13(19)18-12/h4-6,9-11,14H,3,7-8,16H2,1-2H3,(H,17,20). The fourth-order valence-electron chi connectivity index (χ4n) is 2.05. The van der Waals surface area contributed by atoms with Gasteiger partial charge in [0.05, 0.1) is 11.7 Å². The van der Waals surface area contributed by atoms with E-state index in [1.165, 1.54) is 0 Å². The lowest BCUT2D eigenvalue weighted by molar-refractivity contribution is -0.123. The Kier molecular flexibility index (Phi) is 4.74. The molecule has 5 nitrogen and oxygen atoms in total. The van der Waals surface area contributed by atoms with Crippen LogP contribution in [0.25, 0.3) is 5.65 Å². The van der Waals surface area contributed by atoms with Gasteiger partial charge in [0.2, 0.25) is 5.91 Å². The van der Waals surface area contributed by atoms with Gasteiger partial charge in [-0.3, -0.25) is 4.79 Å². The van der Waals surface area contributed by atoms with Crippen LogP contribution in [0.2, 0.25) is 0 Å². The van der Waals surface area contributed by atoms with Crippen molar-refractivity contribution in [3.8, 4) is 0 Å². The first-order valence-electron chi connectivity index (χ1n) is 7.07. The number of nitrogens with one attached hydrogen (secondary N) is 1. The first-order valence-corrected chi connectivity index (χ1v) is 7.07. The summed E-state index contributed by atoms with van der Waals surface area (Å²) in [5.41, 5.74) is 7.77. The zero-order valence-corrected chi connectivity index (χ0v) is 12.0. The topological polar surface area (TPSA) is 72.4 Å². The van der Waals surface area contributed by atoms with Crippen molar-refractivity contribution in [2.24, 2.45) is 11.7 Å². The molecular formula is C15H22N4O. The van der Waals surface area contributed by atoms with Crippen LogP contribution in [0.5, 0.6) is 0 Å². The van der Waals surface area contributed by atoms with Crippen LogP contribution >= 0.6 is 0 Å². The van der Waals surface area contributed by atoms with Gasteiger partial charge in [0.15, 0.2) is 0 Å². The molecule has 0 saturated heterocycles. The molecule has 0 aliphatic heterocycles. The van der Waals surface area contributed by atoms with Gasteiger partial charge >= 0.3 is 0 Å². The summed E-state index contributed by atoms with van der Waals surface area (Å²) in [5.74, 6) is 0.119. The third-order valence-electron chi connectivity index (χ3n) is 3.65. The number of fused-ring (bicyclic) bond motifs is 1. The molecule has 0 aliphatic rings. The molecule has 0 bridgehead atoms. The van der Waals surface area contributed by atoms with Gasteiger partial charge in [0.25, 0.3) is 0 Å². The zero-order chi connectivity index (χ0) is 14.5. The minimum Gasteiger partial charge on any atom is -0.354 e. The fourth-order valence-corrected chi connectivity index (χ4v) is 2.05. The van der Waals surface area contributed by atoms with Crippen LogP contribution in [0.1, 0.15) is 26.0 Å². The maximum Gasteiger partial charge on any atom is 0.237 e. The number of carbonyl (C=O) groups is 1. The number of rotatable bonds is 6. The molecule has 20 heavy (non-hydrogen) atoms. The first-order chi connectivity index (χ1) is 9.61. The molecule has 3 N–H and O–H groups in total. The summed E-state index contributed by atoms with van der Waals surface area (Å²) in [7, 11) is 0. The molecular weight excluding hydrogens is 252 g/mol. The highest BCUT2D eigenvalue weighted by Crippen LogP contribution is 2.06. The van der Waals surface area contributed by atoms with Crippen LogP contribution in [0.4, 0.5) is 0 Å². The molecule has 5 heteroatoms. The van der Waals surface area contributed by atoms with E-state index in [1.54, 1.807) is 0 Å². The lowest BCUT2D eigenvalue weighted by Gasteiger charge is -2.17. The molecule has 0 radical (unpaired) electrons. The second kappa shape index (κ2) is 6.52. The summed E-state index contributed by atoms with van der Waals surface area (Å²) in [6.45, 7) is 4.59. The Morgan fingerprint density at radius 3 is 3.00 bits per heavy atom. The fraction of sp³-hybridized carbons (Fsp3) is 0.467. The van der Waals surface area contributed by atoms with Crippen LogP contribution in [-0.2, 0) is 11.2 Å². The van der Waals surface area contributed by atoms with Crippen molar-refractivity contribution in [2.45, 2.75) is 32.7 Å². The Hall–Kier alpha value is -1.88. The van der Waals surface area contributed by atoms with E-state index in [1.807, 2.05) is 48.8 Å². The number of nitrogens with zero attached hydrogens (tertiary/aromatic N) is 2. The third kappa shape index (κ3) is 3.36. The van der Waals surface area contributed by atoms with Crippen LogP contribution in [0.3, 0.4) is 0 Å². The number of aromatic nitrogens is 2. The first kappa shape index (κ1) is 14.5. The largest absolute Gasteiger partial charge is 0.354 e. The predicted molar refractivity (Wildman–Crippen MR) is 79.3 cm³/mol. The second-order valence-corrected chi connectivity index (χ2v) is 5.15. The Morgan fingerprint density at radius 1 is 1.50 bits per heavy atom. The molecule has 2 aromatic heterocycles. The number of nitrogens with two attached hydrogens (primary N) is 1. The number of imidazole rings is 1. The van der Waals surface area contributed by atoms with Crippen LogP contribution in [0, 0.1) is 5.92 Å². The van der Waals surface area contributed by atoms with Crippen LogP contribution < -0.4 is 11.1 Å². The minimum absolute atomic E-state index is 0.0804. The zero-order valence-electron chi connectivity index (χ0n) is 12.0. The molecule has 0 saturated carbocycles. The summed E-state index contributed by atoms with van der Waals surface area (Å²) < 4.78 is 1.97. The molecule has 1 amide bonds. The Bertz CT molecular complexity index is 545. The molecule has 0 aromatic carbocycles. The predicted octanol–water partition coefficient (Wildman–Crippen LogP) is 1.37. The van der Waals surface area contributed by atoms with Gasteiger partial charge in [-0.15, -0.1) is 0 Å². The molecule has 2 aromatic rings. The monoisotopic (exact) mass is 274 g/mol. The van der Waals surface area contributed by atoms with Gasteiger partial charge in [-0.25, -0.2) is 4.98 Å². The van der Waals surface area contributed by atoms with Crippen molar-refractivity contribution in [3.05, 3.63) is 36.3 Å². The Morgan fingerprint density at radius 2 is 2.30 bits per heavy atom. The van der Waals surface area contributed by atoms with E-state index in [2.05, 4.69) is 10.3 Å². The number of hydrogen-bond acceptors (Lipinski definition) is 3. The van der Waals surface area contributed by atoms with Gasteiger partial charge in [0.1, 0.15) is 5.65 Å². The molecule has 2 unspecified atom stereocenters. The van der Waals surface area contributed by atoms with E-state index in [0.29, 0.717) is 13.0 Å². The molecule has 2 rings (SSSR count). The molecule has 2 atom stereocenters. The Balaban J connectivity index is 1.85. The van der Waals surface area contributed by atoms with Crippen molar-refractivity contribution in [1.82, 2.24) is 14.7 Å². The van der Waals surface area contributed by atoms with Gasteiger partial charge in [-0.05, 0) is 18.1 Å². The van der Waals surface area contributed by atoms with Crippen molar-refractivity contribution in [2.75, 3.05) is 6.54 Å².